The maximum absolute atomic E-state index is 5.57. The van der Waals surface area contributed by atoms with Crippen molar-refractivity contribution in [1.29, 1.82) is 0 Å². The minimum absolute atomic E-state index is 0.837. The minimum atomic E-state index is 0.837. The van der Waals surface area contributed by atoms with Crippen molar-refractivity contribution in [2.24, 2.45) is 0 Å². The van der Waals surface area contributed by atoms with Crippen LogP contribution in [0.5, 0.6) is 0 Å². The lowest BCUT2D eigenvalue weighted by Gasteiger charge is -2.08. The number of unbranched alkanes of at least 4 members (excludes halogenated alkanes) is 2. The number of rotatable bonds is 6. The topological polar surface area (TPSA) is 9.23 Å². The van der Waals surface area contributed by atoms with E-state index in [-0.39, 0.29) is 0 Å². The number of hydrogen-bond donors (Lipinski definition) is 0. The second-order valence-electron chi connectivity index (χ2n) is 3.22. The van der Waals surface area contributed by atoms with Gasteiger partial charge in [0.05, 0.1) is 6.61 Å². The largest absolute Gasteiger partial charge is 0.494 e. The van der Waals surface area contributed by atoms with Crippen molar-refractivity contribution in [2.45, 2.75) is 32.1 Å². The summed E-state index contributed by atoms with van der Waals surface area (Å²) in [5, 5.41) is 0. The maximum atomic E-state index is 5.57. The van der Waals surface area contributed by atoms with Crippen molar-refractivity contribution in [1.82, 2.24) is 0 Å². The molecule has 0 aromatic heterocycles. The Morgan fingerprint density at radius 2 is 2.31 bits per heavy atom. The quantitative estimate of drug-likeness (QED) is 0.446. The lowest BCUT2D eigenvalue weighted by molar-refractivity contribution is 0.216. The fraction of sp³-hybridized carbons (Fsp3) is 0.500. The van der Waals surface area contributed by atoms with Crippen molar-refractivity contribution in [3.05, 3.63) is 36.6 Å². The van der Waals surface area contributed by atoms with E-state index in [1.165, 1.54) is 6.42 Å². The SMILES string of the molecule is C=CCCCCOC1=CCCC=C1. The summed E-state index contributed by atoms with van der Waals surface area (Å²) in [7, 11) is 0. The smallest absolute Gasteiger partial charge is 0.114 e. The predicted octanol–water partition coefficient (Wildman–Crippen LogP) is 3.59. The fourth-order valence-corrected chi connectivity index (χ4v) is 1.28. The van der Waals surface area contributed by atoms with Crippen LogP contribution in [0.2, 0.25) is 0 Å². The Kier molecular flexibility index (Phi) is 5.07. The summed E-state index contributed by atoms with van der Waals surface area (Å²) in [6.45, 7) is 4.52. The fourth-order valence-electron chi connectivity index (χ4n) is 1.28. The Labute approximate surface area is 80.8 Å². The molecule has 0 fully saturated rings. The van der Waals surface area contributed by atoms with Gasteiger partial charge in [-0.1, -0.05) is 12.2 Å². The lowest BCUT2D eigenvalue weighted by atomic mass is 10.2. The summed E-state index contributed by atoms with van der Waals surface area (Å²) in [5.74, 6) is 1.05. The normalized spacial score (nSPS) is 15.2. The molecule has 1 heteroatoms. The third kappa shape index (κ3) is 4.56. The van der Waals surface area contributed by atoms with E-state index in [1.807, 2.05) is 6.08 Å². The standard InChI is InChI=1S/C12H18O/c1-2-3-4-8-11-13-12-9-6-5-7-10-12/h2,6,9-10H,1,3-5,7-8,11H2. The van der Waals surface area contributed by atoms with Gasteiger partial charge in [0.15, 0.2) is 0 Å². The molecule has 0 aromatic carbocycles. The van der Waals surface area contributed by atoms with Gasteiger partial charge in [0.25, 0.3) is 0 Å². The Morgan fingerprint density at radius 3 is 3.00 bits per heavy atom. The van der Waals surface area contributed by atoms with Crippen LogP contribution in [0.25, 0.3) is 0 Å². The average Bonchev–Trinajstić information content (AvgIpc) is 2.19. The highest BCUT2D eigenvalue weighted by molar-refractivity contribution is 5.15. The monoisotopic (exact) mass is 178 g/mol. The third-order valence-corrected chi connectivity index (χ3v) is 2.03. The van der Waals surface area contributed by atoms with E-state index in [1.54, 1.807) is 0 Å². The van der Waals surface area contributed by atoms with E-state index >= 15 is 0 Å². The summed E-state index contributed by atoms with van der Waals surface area (Å²) in [6, 6.07) is 0. The van der Waals surface area contributed by atoms with E-state index in [4.69, 9.17) is 4.74 Å². The molecule has 0 saturated carbocycles. The van der Waals surface area contributed by atoms with Crippen molar-refractivity contribution in [2.75, 3.05) is 6.61 Å². The van der Waals surface area contributed by atoms with Gasteiger partial charge >= 0.3 is 0 Å². The van der Waals surface area contributed by atoms with Gasteiger partial charge in [-0.2, -0.15) is 0 Å². The highest BCUT2D eigenvalue weighted by Crippen LogP contribution is 2.11. The van der Waals surface area contributed by atoms with Gasteiger partial charge in [-0.25, -0.2) is 0 Å². The highest BCUT2D eigenvalue weighted by Gasteiger charge is 1.96. The van der Waals surface area contributed by atoms with Crippen LogP contribution in [-0.2, 0) is 4.74 Å². The first-order valence-electron chi connectivity index (χ1n) is 5.04. The lowest BCUT2D eigenvalue weighted by Crippen LogP contribution is -1.95. The molecule has 13 heavy (non-hydrogen) atoms. The Hall–Kier alpha value is -0.980. The first-order valence-corrected chi connectivity index (χ1v) is 5.04. The van der Waals surface area contributed by atoms with Gasteiger partial charge in [-0.05, 0) is 44.3 Å². The predicted molar refractivity (Wildman–Crippen MR) is 56.5 cm³/mol. The van der Waals surface area contributed by atoms with Gasteiger partial charge in [0, 0.05) is 0 Å². The molecule has 0 saturated heterocycles. The van der Waals surface area contributed by atoms with Crippen molar-refractivity contribution in [3.63, 3.8) is 0 Å². The van der Waals surface area contributed by atoms with Crippen LogP contribution in [0.1, 0.15) is 32.1 Å². The van der Waals surface area contributed by atoms with Crippen LogP contribution in [-0.4, -0.2) is 6.61 Å². The van der Waals surface area contributed by atoms with Crippen molar-refractivity contribution >= 4 is 0 Å². The van der Waals surface area contributed by atoms with Gasteiger partial charge in [0.2, 0.25) is 0 Å². The third-order valence-electron chi connectivity index (χ3n) is 2.03. The van der Waals surface area contributed by atoms with Gasteiger partial charge in [0.1, 0.15) is 5.76 Å². The van der Waals surface area contributed by atoms with Gasteiger partial charge < -0.3 is 4.74 Å². The van der Waals surface area contributed by atoms with Crippen LogP contribution < -0.4 is 0 Å². The molecule has 1 rings (SSSR count). The van der Waals surface area contributed by atoms with Crippen molar-refractivity contribution < 1.29 is 4.74 Å². The zero-order valence-corrected chi connectivity index (χ0v) is 8.17. The summed E-state index contributed by atoms with van der Waals surface area (Å²) in [5.41, 5.74) is 0. The van der Waals surface area contributed by atoms with E-state index in [2.05, 4.69) is 24.8 Å². The molecule has 0 N–H and O–H groups in total. The van der Waals surface area contributed by atoms with E-state index in [0.29, 0.717) is 0 Å². The summed E-state index contributed by atoms with van der Waals surface area (Å²) in [6.07, 6.45) is 14.0. The average molecular weight is 178 g/mol. The van der Waals surface area contributed by atoms with Gasteiger partial charge in [-0.3, -0.25) is 0 Å². The second kappa shape index (κ2) is 6.53. The molecule has 0 radical (unpaired) electrons. The first kappa shape index (κ1) is 10.1. The molecule has 0 unspecified atom stereocenters. The molecule has 0 atom stereocenters. The molecule has 0 aromatic rings. The maximum Gasteiger partial charge on any atom is 0.114 e. The van der Waals surface area contributed by atoms with Crippen LogP contribution in [0.15, 0.2) is 36.6 Å². The number of hydrogen-bond acceptors (Lipinski definition) is 1. The number of allylic oxidation sites excluding steroid dienone is 4. The zero-order chi connectivity index (χ0) is 9.36. The molecular formula is C12H18O. The van der Waals surface area contributed by atoms with Crippen LogP contribution in [0.3, 0.4) is 0 Å². The zero-order valence-electron chi connectivity index (χ0n) is 8.17. The highest BCUT2D eigenvalue weighted by atomic mass is 16.5. The molecule has 0 bridgehead atoms. The summed E-state index contributed by atoms with van der Waals surface area (Å²) >= 11 is 0. The molecular weight excluding hydrogens is 160 g/mol. The van der Waals surface area contributed by atoms with Crippen molar-refractivity contribution in [3.8, 4) is 0 Å². The van der Waals surface area contributed by atoms with Crippen LogP contribution in [0.4, 0.5) is 0 Å². The Balaban J connectivity index is 2.02. The van der Waals surface area contributed by atoms with E-state index in [0.717, 1.165) is 38.0 Å². The molecule has 72 valence electrons. The minimum Gasteiger partial charge on any atom is -0.494 e. The molecule has 1 aliphatic rings. The van der Waals surface area contributed by atoms with Crippen LogP contribution >= 0.6 is 0 Å². The molecule has 0 heterocycles. The van der Waals surface area contributed by atoms with E-state index < -0.39 is 0 Å². The van der Waals surface area contributed by atoms with Gasteiger partial charge in [-0.15, -0.1) is 6.58 Å². The first-order chi connectivity index (χ1) is 6.43. The molecule has 1 nitrogen and oxygen atoms in total. The summed E-state index contributed by atoms with van der Waals surface area (Å²) in [4.78, 5) is 0. The summed E-state index contributed by atoms with van der Waals surface area (Å²) < 4.78 is 5.57. The second-order valence-corrected chi connectivity index (χ2v) is 3.22. The molecule has 0 aliphatic heterocycles. The van der Waals surface area contributed by atoms with E-state index in [9.17, 15) is 0 Å². The molecule has 1 aliphatic carbocycles. The van der Waals surface area contributed by atoms with Crippen LogP contribution in [0, 0.1) is 0 Å². The molecule has 0 spiro atoms. The Bertz CT molecular complexity index is 201. The molecule has 0 amide bonds. The Morgan fingerprint density at radius 1 is 1.38 bits per heavy atom. The number of ether oxygens (including phenoxy) is 1.